The molecule has 0 saturated heterocycles. The van der Waals surface area contributed by atoms with Gasteiger partial charge in [-0.15, -0.1) is 0 Å². The zero-order valence-corrected chi connectivity index (χ0v) is 9.06. The Balaban J connectivity index is 4.36. The van der Waals surface area contributed by atoms with E-state index in [9.17, 15) is 17.6 Å². The first-order valence-corrected chi connectivity index (χ1v) is 4.80. The predicted octanol–water partition coefficient (Wildman–Crippen LogP) is 3.98. The van der Waals surface area contributed by atoms with Crippen LogP contribution in [0.2, 0.25) is 0 Å². The molecule has 7 heteroatoms. The average Bonchev–Trinajstić information content (AvgIpc) is 2.11. The lowest BCUT2D eigenvalue weighted by Gasteiger charge is -1.96. The van der Waals surface area contributed by atoms with Crippen molar-refractivity contribution in [1.82, 2.24) is 0 Å². The quantitative estimate of drug-likeness (QED) is 0.403. The first-order valence-electron chi connectivity index (χ1n) is 3.80. The summed E-state index contributed by atoms with van der Waals surface area (Å²) in [6, 6.07) is 0. The van der Waals surface area contributed by atoms with Gasteiger partial charge in [0.25, 0.3) is 12.2 Å². The van der Waals surface area contributed by atoms with E-state index in [1.165, 1.54) is 13.8 Å². The van der Waals surface area contributed by atoms with E-state index in [0.29, 0.717) is 23.3 Å². The molecular formula is C8H9F4N2P. The van der Waals surface area contributed by atoms with E-state index >= 15 is 0 Å². The standard InChI is InChI=1S/C8H9F4N2P/c1-5(13-3-7(9)10)15-6(2)14-4-8(11)12/h3-4,15H,1-2H3. The molecular weight excluding hydrogens is 231 g/mol. The fraction of sp³-hybridized carbons (Fsp3) is 0.250. The molecule has 2 nitrogen and oxygen atoms in total. The Hall–Kier alpha value is -1.03. The number of hydrogen-bond donors (Lipinski definition) is 0. The van der Waals surface area contributed by atoms with Crippen molar-refractivity contribution in [3.05, 3.63) is 24.6 Å². The van der Waals surface area contributed by atoms with Crippen molar-refractivity contribution < 1.29 is 17.6 Å². The van der Waals surface area contributed by atoms with Gasteiger partial charge >= 0.3 is 0 Å². The lowest BCUT2D eigenvalue weighted by atomic mass is 10.8. The molecule has 0 unspecified atom stereocenters. The molecule has 0 spiro atoms. The first-order chi connectivity index (χ1) is 6.91. The van der Waals surface area contributed by atoms with Crippen LogP contribution in [0.15, 0.2) is 34.5 Å². The largest absolute Gasteiger partial charge is 0.288 e. The van der Waals surface area contributed by atoms with Gasteiger partial charge in [0.2, 0.25) is 0 Å². The van der Waals surface area contributed by atoms with Gasteiger partial charge < -0.3 is 0 Å². The maximum Gasteiger partial charge on any atom is 0.288 e. The summed E-state index contributed by atoms with van der Waals surface area (Å²) in [5.41, 5.74) is 0.799. The van der Waals surface area contributed by atoms with E-state index < -0.39 is 12.2 Å². The van der Waals surface area contributed by atoms with Crippen LogP contribution >= 0.6 is 8.58 Å². The molecule has 0 rings (SSSR count). The number of hydrogen-bond acceptors (Lipinski definition) is 2. The van der Waals surface area contributed by atoms with Gasteiger partial charge in [0.05, 0.1) is 12.4 Å². The SMILES string of the molecule is CC(=NC=C(F)F)PC(C)=NC=C(F)F. The zero-order valence-electron chi connectivity index (χ0n) is 8.06. The summed E-state index contributed by atoms with van der Waals surface area (Å²) < 4.78 is 46.4. The Bertz CT molecular complexity index is 294. The Kier molecular flexibility index (Phi) is 6.79. The number of aliphatic imine (C=N–C) groups is 2. The third-order valence-corrected chi connectivity index (χ3v) is 2.06. The van der Waals surface area contributed by atoms with Crippen LogP contribution in [0.3, 0.4) is 0 Å². The molecule has 0 fully saturated rings. The molecule has 15 heavy (non-hydrogen) atoms. The zero-order chi connectivity index (χ0) is 11.8. The van der Waals surface area contributed by atoms with Crippen molar-refractivity contribution in [3.63, 3.8) is 0 Å². The van der Waals surface area contributed by atoms with E-state index in [2.05, 4.69) is 9.98 Å². The van der Waals surface area contributed by atoms with Crippen LogP contribution in [0.4, 0.5) is 17.6 Å². The molecule has 0 aromatic rings. The topological polar surface area (TPSA) is 24.7 Å². The lowest BCUT2D eigenvalue weighted by Crippen LogP contribution is -1.86. The van der Waals surface area contributed by atoms with Crippen LogP contribution in [0.1, 0.15) is 13.8 Å². The molecule has 0 aliphatic rings. The second-order valence-corrected chi connectivity index (χ2v) is 4.09. The predicted molar refractivity (Wildman–Crippen MR) is 55.1 cm³/mol. The smallest absolute Gasteiger partial charge is 0.256 e. The maximum absolute atomic E-state index is 11.6. The molecule has 0 bridgehead atoms. The highest BCUT2D eigenvalue weighted by atomic mass is 31.1. The molecule has 0 aromatic carbocycles. The highest BCUT2D eigenvalue weighted by Gasteiger charge is 1.95. The normalized spacial score (nSPS) is 13.2. The van der Waals surface area contributed by atoms with Gasteiger partial charge in [0.1, 0.15) is 0 Å². The molecule has 0 atom stereocenters. The van der Waals surface area contributed by atoms with E-state index in [1.54, 1.807) is 0 Å². The molecule has 0 aliphatic carbocycles. The monoisotopic (exact) mass is 240 g/mol. The van der Waals surface area contributed by atoms with Crippen molar-refractivity contribution in [1.29, 1.82) is 0 Å². The summed E-state index contributed by atoms with van der Waals surface area (Å²) in [4.78, 5) is 6.84. The van der Waals surface area contributed by atoms with Crippen LogP contribution < -0.4 is 0 Å². The Morgan fingerprint density at radius 3 is 1.47 bits per heavy atom. The minimum atomic E-state index is -1.90. The van der Waals surface area contributed by atoms with Crippen LogP contribution in [-0.2, 0) is 0 Å². The van der Waals surface area contributed by atoms with Crippen LogP contribution in [0, 0.1) is 0 Å². The molecule has 0 aromatic heterocycles. The first kappa shape index (κ1) is 14.0. The van der Waals surface area contributed by atoms with Crippen molar-refractivity contribution >= 4 is 19.5 Å². The third-order valence-electron chi connectivity index (χ3n) is 1.07. The minimum absolute atomic E-state index is 0.0770. The number of rotatable bonds is 4. The third kappa shape index (κ3) is 9.28. The summed E-state index contributed by atoms with van der Waals surface area (Å²) in [6.07, 6.45) is -2.96. The van der Waals surface area contributed by atoms with E-state index in [0.717, 1.165) is 0 Å². The summed E-state index contributed by atoms with van der Waals surface area (Å²) in [5, 5.41) is 0. The van der Waals surface area contributed by atoms with E-state index in [1.807, 2.05) is 0 Å². The molecule has 0 saturated carbocycles. The second kappa shape index (κ2) is 7.29. The summed E-state index contributed by atoms with van der Waals surface area (Å²) in [7, 11) is -0.0770. The van der Waals surface area contributed by atoms with Gasteiger partial charge in [-0.25, -0.2) is 0 Å². The lowest BCUT2D eigenvalue weighted by molar-refractivity contribution is 0.419. The molecule has 84 valence electrons. The van der Waals surface area contributed by atoms with Gasteiger partial charge in [-0.2, -0.15) is 17.6 Å². The molecule has 0 radical (unpaired) electrons. The van der Waals surface area contributed by atoms with Gasteiger partial charge in [0.15, 0.2) is 0 Å². The molecule has 0 N–H and O–H groups in total. The van der Waals surface area contributed by atoms with E-state index in [-0.39, 0.29) is 8.58 Å². The number of halogens is 4. The summed E-state index contributed by atoms with van der Waals surface area (Å²) in [6.45, 7) is 3.04. The Labute approximate surface area is 86.3 Å². The van der Waals surface area contributed by atoms with Crippen LogP contribution in [0.25, 0.3) is 0 Å². The van der Waals surface area contributed by atoms with Crippen molar-refractivity contribution in [2.24, 2.45) is 9.98 Å². The van der Waals surface area contributed by atoms with Gasteiger partial charge in [0, 0.05) is 10.9 Å². The highest BCUT2D eigenvalue weighted by molar-refractivity contribution is 7.74. The van der Waals surface area contributed by atoms with Crippen molar-refractivity contribution in [2.45, 2.75) is 13.8 Å². The second-order valence-electron chi connectivity index (χ2n) is 2.39. The highest BCUT2D eigenvalue weighted by Crippen LogP contribution is 2.16. The van der Waals surface area contributed by atoms with Gasteiger partial charge in [-0.3, -0.25) is 9.98 Å². The van der Waals surface area contributed by atoms with Crippen molar-refractivity contribution in [3.8, 4) is 0 Å². The minimum Gasteiger partial charge on any atom is -0.256 e. The number of nitrogens with zero attached hydrogens (tertiary/aromatic N) is 2. The summed E-state index contributed by atoms with van der Waals surface area (Å²) in [5.74, 6) is 0. The van der Waals surface area contributed by atoms with Crippen LogP contribution in [-0.4, -0.2) is 10.9 Å². The van der Waals surface area contributed by atoms with Crippen LogP contribution in [0.5, 0.6) is 0 Å². The maximum atomic E-state index is 11.6. The molecule has 0 aliphatic heterocycles. The fourth-order valence-corrected chi connectivity index (χ4v) is 1.40. The van der Waals surface area contributed by atoms with Crippen molar-refractivity contribution in [2.75, 3.05) is 0 Å². The van der Waals surface area contributed by atoms with Gasteiger partial charge in [-0.1, -0.05) is 0 Å². The Morgan fingerprint density at radius 2 is 1.20 bits per heavy atom. The molecule has 0 amide bonds. The average molecular weight is 240 g/mol. The fourth-order valence-electron chi connectivity index (χ4n) is 0.618. The van der Waals surface area contributed by atoms with Gasteiger partial charge in [-0.05, 0) is 22.4 Å². The summed E-state index contributed by atoms with van der Waals surface area (Å²) >= 11 is 0. The molecule has 0 heterocycles. The Morgan fingerprint density at radius 1 is 0.867 bits per heavy atom. The van der Waals surface area contributed by atoms with E-state index in [4.69, 9.17) is 0 Å².